The maximum atomic E-state index is 11.7. The molecular formula is C14H14N2O3. The van der Waals surface area contributed by atoms with E-state index in [-0.39, 0.29) is 11.7 Å². The maximum absolute atomic E-state index is 11.7. The number of phenolic OH excluding ortho intramolecular Hbond substituents is 1. The van der Waals surface area contributed by atoms with Crippen molar-refractivity contribution < 1.29 is 14.3 Å². The van der Waals surface area contributed by atoms with E-state index >= 15 is 0 Å². The van der Waals surface area contributed by atoms with Crippen LogP contribution in [-0.2, 0) is 0 Å². The fourth-order valence-corrected chi connectivity index (χ4v) is 1.65. The summed E-state index contributed by atoms with van der Waals surface area (Å²) in [5.41, 5.74) is 3.55. The first-order valence-electron chi connectivity index (χ1n) is 5.76. The molecule has 0 atom stereocenters. The Labute approximate surface area is 110 Å². The molecule has 0 saturated carbocycles. The van der Waals surface area contributed by atoms with Crippen molar-refractivity contribution in [1.82, 2.24) is 5.43 Å². The maximum Gasteiger partial charge on any atom is 0.271 e. The summed E-state index contributed by atoms with van der Waals surface area (Å²) >= 11 is 0. The summed E-state index contributed by atoms with van der Waals surface area (Å²) in [6.45, 7) is 3.67. The molecule has 2 rings (SSSR count). The van der Waals surface area contributed by atoms with Crippen LogP contribution in [0, 0.1) is 13.8 Å². The van der Waals surface area contributed by atoms with Gasteiger partial charge in [0.2, 0.25) is 0 Å². The molecule has 0 saturated heterocycles. The van der Waals surface area contributed by atoms with E-state index in [1.807, 2.05) is 19.9 Å². The number of nitrogens with zero attached hydrogens (tertiary/aromatic N) is 1. The fraction of sp³-hybridized carbons (Fsp3) is 0.143. The molecule has 1 heterocycles. The highest BCUT2D eigenvalue weighted by atomic mass is 16.3. The van der Waals surface area contributed by atoms with Gasteiger partial charge in [0.15, 0.2) is 0 Å². The van der Waals surface area contributed by atoms with Crippen molar-refractivity contribution in [3.8, 4) is 5.75 Å². The zero-order chi connectivity index (χ0) is 13.8. The van der Waals surface area contributed by atoms with Crippen molar-refractivity contribution in [3.05, 3.63) is 53.0 Å². The molecule has 0 bridgehead atoms. The van der Waals surface area contributed by atoms with Crippen LogP contribution in [0.3, 0.4) is 0 Å². The third-order valence-corrected chi connectivity index (χ3v) is 2.56. The Balaban J connectivity index is 2.03. The number of carbonyl (C=O) groups is 1. The van der Waals surface area contributed by atoms with Gasteiger partial charge in [0.05, 0.1) is 6.21 Å². The first kappa shape index (κ1) is 12.9. The van der Waals surface area contributed by atoms with Gasteiger partial charge in [-0.15, -0.1) is 0 Å². The summed E-state index contributed by atoms with van der Waals surface area (Å²) in [5, 5.41) is 13.1. The standard InChI is InChI=1S/C14H14N2O3/c1-9-6-12(10(2)19-9)8-15-16-14(18)11-4-3-5-13(17)7-11/h3-8,17H,1-2H3,(H,16,18). The smallest absolute Gasteiger partial charge is 0.271 e. The molecule has 0 aliphatic carbocycles. The SMILES string of the molecule is Cc1cc(C=NNC(=O)c2cccc(O)c2)c(C)o1. The van der Waals surface area contributed by atoms with Crippen LogP contribution in [-0.4, -0.2) is 17.2 Å². The molecular weight excluding hydrogens is 244 g/mol. The predicted molar refractivity (Wildman–Crippen MR) is 71.3 cm³/mol. The monoisotopic (exact) mass is 258 g/mol. The number of phenols is 1. The Hall–Kier alpha value is -2.56. The lowest BCUT2D eigenvalue weighted by molar-refractivity contribution is 0.0954. The van der Waals surface area contributed by atoms with Crippen molar-refractivity contribution in [1.29, 1.82) is 0 Å². The number of benzene rings is 1. The molecule has 5 heteroatoms. The summed E-state index contributed by atoms with van der Waals surface area (Å²) in [6.07, 6.45) is 1.52. The van der Waals surface area contributed by atoms with Crippen LogP contribution < -0.4 is 5.43 Å². The minimum atomic E-state index is -0.384. The van der Waals surface area contributed by atoms with Crippen molar-refractivity contribution >= 4 is 12.1 Å². The Morgan fingerprint density at radius 3 is 2.79 bits per heavy atom. The second-order valence-corrected chi connectivity index (χ2v) is 4.12. The van der Waals surface area contributed by atoms with Gasteiger partial charge in [0, 0.05) is 11.1 Å². The van der Waals surface area contributed by atoms with Crippen molar-refractivity contribution in [2.75, 3.05) is 0 Å². The van der Waals surface area contributed by atoms with Gasteiger partial charge in [-0.3, -0.25) is 4.79 Å². The number of hydrogen-bond donors (Lipinski definition) is 2. The fourth-order valence-electron chi connectivity index (χ4n) is 1.65. The molecule has 0 spiro atoms. The number of furan rings is 1. The second kappa shape index (κ2) is 5.39. The average molecular weight is 258 g/mol. The quantitative estimate of drug-likeness (QED) is 0.655. The van der Waals surface area contributed by atoms with Gasteiger partial charge in [-0.2, -0.15) is 5.10 Å². The van der Waals surface area contributed by atoms with E-state index in [1.54, 1.807) is 12.1 Å². The van der Waals surface area contributed by atoms with Crippen LogP contribution >= 0.6 is 0 Å². The van der Waals surface area contributed by atoms with Crippen LogP contribution in [0.5, 0.6) is 5.75 Å². The zero-order valence-electron chi connectivity index (χ0n) is 10.7. The third kappa shape index (κ3) is 3.22. The molecule has 1 aromatic carbocycles. The highest BCUT2D eigenvalue weighted by Gasteiger charge is 2.05. The summed E-state index contributed by atoms with van der Waals surface area (Å²) in [7, 11) is 0. The van der Waals surface area contributed by atoms with Crippen molar-refractivity contribution in [3.63, 3.8) is 0 Å². The van der Waals surface area contributed by atoms with E-state index in [2.05, 4.69) is 10.5 Å². The first-order valence-corrected chi connectivity index (χ1v) is 5.76. The largest absolute Gasteiger partial charge is 0.508 e. The van der Waals surface area contributed by atoms with Crippen LogP contribution in [0.2, 0.25) is 0 Å². The number of amides is 1. The molecule has 1 aromatic heterocycles. The number of carbonyl (C=O) groups excluding carboxylic acids is 1. The van der Waals surface area contributed by atoms with E-state index in [1.165, 1.54) is 18.3 Å². The number of aryl methyl sites for hydroxylation is 2. The van der Waals surface area contributed by atoms with E-state index < -0.39 is 0 Å². The lowest BCUT2D eigenvalue weighted by atomic mass is 10.2. The summed E-state index contributed by atoms with van der Waals surface area (Å²) in [5.74, 6) is 1.19. The number of nitrogens with one attached hydrogen (secondary N) is 1. The Bertz CT molecular complexity index is 629. The Morgan fingerprint density at radius 1 is 1.37 bits per heavy atom. The van der Waals surface area contributed by atoms with Gasteiger partial charge in [0.25, 0.3) is 5.91 Å². The molecule has 1 amide bonds. The number of rotatable bonds is 3. The van der Waals surface area contributed by atoms with E-state index in [4.69, 9.17) is 4.42 Å². The van der Waals surface area contributed by atoms with Crippen LogP contribution in [0.25, 0.3) is 0 Å². The highest BCUT2D eigenvalue weighted by molar-refractivity contribution is 5.95. The molecule has 98 valence electrons. The molecule has 2 aromatic rings. The lowest BCUT2D eigenvalue weighted by Gasteiger charge is -1.99. The number of hydrazone groups is 1. The molecule has 2 N–H and O–H groups in total. The minimum Gasteiger partial charge on any atom is -0.508 e. The van der Waals surface area contributed by atoms with Gasteiger partial charge >= 0.3 is 0 Å². The van der Waals surface area contributed by atoms with Crippen molar-refractivity contribution in [2.45, 2.75) is 13.8 Å². The topological polar surface area (TPSA) is 74.8 Å². The Kier molecular flexibility index (Phi) is 3.66. The first-order chi connectivity index (χ1) is 9.06. The summed E-state index contributed by atoms with van der Waals surface area (Å²) < 4.78 is 5.34. The zero-order valence-corrected chi connectivity index (χ0v) is 10.7. The summed E-state index contributed by atoms with van der Waals surface area (Å²) in [6, 6.07) is 7.89. The van der Waals surface area contributed by atoms with E-state index in [0.717, 1.165) is 17.1 Å². The summed E-state index contributed by atoms with van der Waals surface area (Å²) in [4.78, 5) is 11.7. The number of aromatic hydroxyl groups is 1. The lowest BCUT2D eigenvalue weighted by Crippen LogP contribution is -2.17. The van der Waals surface area contributed by atoms with Gasteiger partial charge in [-0.1, -0.05) is 6.07 Å². The van der Waals surface area contributed by atoms with Crippen molar-refractivity contribution in [2.24, 2.45) is 5.10 Å². The molecule has 0 radical (unpaired) electrons. The number of hydrogen-bond acceptors (Lipinski definition) is 4. The molecule has 0 unspecified atom stereocenters. The van der Waals surface area contributed by atoms with Crippen LogP contribution in [0.15, 0.2) is 39.9 Å². The van der Waals surface area contributed by atoms with Gasteiger partial charge in [-0.05, 0) is 38.1 Å². The van der Waals surface area contributed by atoms with Gasteiger partial charge < -0.3 is 9.52 Å². The molecule has 0 fully saturated rings. The van der Waals surface area contributed by atoms with Gasteiger partial charge in [-0.25, -0.2) is 5.43 Å². The van der Waals surface area contributed by atoms with Crippen LogP contribution in [0.1, 0.15) is 27.4 Å². The van der Waals surface area contributed by atoms with Gasteiger partial charge in [0.1, 0.15) is 17.3 Å². The highest BCUT2D eigenvalue weighted by Crippen LogP contribution is 2.12. The second-order valence-electron chi connectivity index (χ2n) is 4.12. The molecule has 0 aliphatic rings. The minimum absolute atomic E-state index is 0.0398. The third-order valence-electron chi connectivity index (χ3n) is 2.56. The molecule has 19 heavy (non-hydrogen) atoms. The Morgan fingerprint density at radius 2 is 2.16 bits per heavy atom. The molecule has 5 nitrogen and oxygen atoms in total. The molecule has 0 aliphatic heterocycles. The van der Waals surface area contributed by atoms with E-state index in [0.29, 0.717) is 5.56 Å². The normalized spacial score (nSPS) is 10.8. The average Bonchev–Trinajstić information content (AvgIpc) is 2.68. The van der Waals surface area contributed by atoms with Crippen LogP contribution in [0.4, 0.5) is 0 Å². The predicted octanol–water partition coefficient (Wildman–Crippen LogP) is 2.37. The van der Waals surface area contributed by atoms with E-state index in [9.17, 15) is 9.90 Å².